The van der Waals surface area contributed by atoms with E-state index in [1.807, 2.05) is 37.4 Å². The Balaban J connectivity index is 2.08. The van der Waals surface area contributed by atoms with E-state index in [0.29, 0.717) is 0 Å². The van der Waals surface area contributed by atoms with Gasteiger partial charge in [-0.1, -0.05) is 24.3 Å². The lowest BCUT2D eigenvalue weighted by molar-refractivity contribution is 0.191. The van der Waals surface area contributed by atoms with Crippen molar-refractivity contribution in [2.24, 2.45) is 0 Å². The van der Waals surface area contributed by atoms with E-state index in [1.54, 1.807) is 6.07 Å². The molecule has 3 nitrogen and oxygen atoms in total. The second-order valence-electron chi connectivity index (χ2n) is 4.77. The average Bonchev–Trinajstić information content (AvgIpc) is 2.44. The van der Waals surface area contributed by atoms with Gasteiger partial charge in [-0.25, -0.2) is 0 Å². The Hall–Kier alpha value is -2.00. The van der Waals surface area contributed by atoms with Crippen LogP contribution in [0.2, 0.25) is 0 Å². The van der Waals surface area contributed by atoms with Crippen LogP contribution in [0.4, 0.5) is 0 Å². The summed E-state index contributed by atoms with van der Waals surface area (Å²) in [5, 5.41) is 12.9. The van der Waals surface area contributed by atoms with Crippen molar-refractivity contribution in [2.45, 2.75) is 12.5 Å². The second kappa shape index (κ2) is 4.94. The zero-order valence-electron chi connectivity index (χ0n) is 10.9. The minimum Gasteiger partial charge on any atom is -0.508 e. The van der Waals surface area contributed by atoms with Crippen LogP contribution >= 0.6 is 0 Å². The summed E-state index contributed by atoms with van der Waals surface area (Å²) in [5.74, 6) is 1.21. The molecule has 1 aliphatic heterocycles. The van der Waals surface area contributed by atoms with Gasteiger partial charge in [-0.05, 0) is 37.4 Å². The third-order valence-corrected chi connectivity index (χ3v) is 3.49. The van der Waals surface area contributed by atoms with E-state index in [-0.39, 0.29) is 11.9 Å². The van der Waals surface area contributed by atoms with Crippen LogP contribution in [-0.2, 0) is 0 Å². The standard InChI is InChI=1S/C16H17NO2/c1-17-9-8-16-14-10-11(18)6-7-12(14)13-4-2-3-5-15(13)19-16/h2-7,10,16-18H,8-9H2,1H3. The maximum atomic E-state index is 9.71. The fraction of sp³-hybridized carbons (Fsp3) is 0.250. The summed E-state index contributed by atoms with van der Waals surface area (Å²) in [7, 11) is 1.93. The molecule has 0 radical (unpaired) electrons. The molecule has 1 heterocycles. The van der Waals surface area contributed by atoms with Crippen molar-refractivity contribution in [2.75, 3.05) is 13.6 Å². The average molecular weight is 255 g/mol. The number of ether oxygens (including phenoxy) is 1. The summed E-state index contributed by atoms with van der Waals surface area (Å²) < 4.78 is 6.06. The number of phenolic OH excluding ortho intramolecular Hbond substituents is 1. The molecule has 1 atom stereocenters. The molecule has 0 spiro atoms. The molecule has 19 heavy (non-hydrogen) atoms. The molecule has 2 aromatic carbocycles. The number of phenols is 1. The smallest absolute Gasteiger partial charge is 0.128 e. The molecule has 3 heteroatoms. The number of rotatable bonds is 3. The SMILES string of the molecule is CNCCC1Oc2ccccc2-c2ccc(O)cc21. The molecule has 1 aliphatic rings. The van der Waals surface area contributed by atoms with Crippen molar-refractivity contribution in [1.82, 2.24) is 5.32 Å². The summed E-state index contributed by atoms with van der Waals surface area (Å²) in [6.07, 6.45) is 0.867. The molecular weight excluding hydrogens is 238 g/mol. The number of para-hydroxylation sites is 1. The number of nitrogens with one attached hydrogen (secondary N) is 1. The van der Waals surface area contributed by atoms with Gasteiger partial charge in [0.15, 0.2) is 0 Å². The third-order valence-electron chi connectivity index (χ3n) is 3.49. The van der Waals surface area contributed by atoms with E-state index in [9.17, 15) is 5.11 Å². The van der Waals surface area contributed by atoms with Crippen LogP contribution in [0.3, 0.4) is 0 Å². The highest BCUT2D eigenvalue weighted by Crippen LogP contribution is 2.44. The second-order valence-corrected chi connectivity index (χ2v) is 4.77. The van der Waals surface area contributed by atoms with E-state index in [0.717, 1.165) is 35.4 Å². The van der Waals surface area contributed by atoms with Gasteiger partial charge in [-0.3, -0.25) is 0 Å². The zero-order chi connectivity index (χ0) is 13.2. The Morgan fingerprint density at radius 2 is 2.00 bits per heavy atom. The first-order chi connectivity index (χ1) is 9.29. The molecule has 0 aromatic heterocycles. The minimum atomic E-state index is -0.00977. The largest absolute Gasteiger partial charge is 0.508 e. The Labute approximate surface area is 112 Å². The normalized spacial score (nSPS) is 16.4. The van der Waals surface area contributed by atoms with Crippen LogP contribution in [0.25, 0.3) is 11.1 Å². The highest BCUT2D eigenvalue weighted by molar-refractivity contribution is 5.76. The third kappa shape index (κ3) is 2.17. The Bertz CT molecular complexity index is 595. The summed E-state index contributed by atoms with van der Waals surface area (Å²) in [4.78, 5) is 0. The monoisotopic (exact) mass is 255 g/mol. The fourth-order valence-corrected chi connectivity index (χ4v) is 2.56. The molecule has 3 rings (SSSR count). The molecule has 2 N–H and O–H groups in total. The van der Waals surface area contributed by atoms with Crippen LogP contribution in [-0.4, -0.2) is 18.7 Å². The summed E-state index contributed by atoms with van der Waals surface area (Å²) in [6.45, 7) is 0.877. The maximum absolute atomic E-state index is 9.71. The van der Waals surface area contributed by atoms with E-state index in [2.05, 4.69) is 11.4 Å². The van der Waals surface area contributed by atoms with Crippen LogP contribution < -0.4 is 10.1 Å². The van der Waals surface area contributed by atoms with Crippen molar-refractivity contribution >= 4 is 0 Å². The lowest BCUT2D eigenvalue weighted by Gasteiger charge is -2.29. The zero-order valence-corrected chi connectivity index (χ0v) is 10.9. The lowest BCUT2D eigenvalue weighted by atomic mass is 9.91. The summed E-state index contributed by atoms with van der Waals surface area (Å²) >= 11 is 0. The molecule has 1 unspecified atom stereocenters. The summed E-state index contributed by atoms with van der Waals surface area (Å²) in [5.41, 5.74) is 3.31. The van der Waals surface area contributed by atoms with Gasteiger partial charge in [-0.2, -0.15) is 0 Å². The van der Waals surface area contributed by atoms with E-state index in [4.69, 9.17) is 4.74 Å². The van der Waals surface area contributed by atoms with E-state index in [1.165, 1.54) is 0 Å². The van der Waals surface area contributed by atoms with Gasteiger partial charge < -0.3 is 15.2 Å². The number of fused-ring (bicyclic) bond motifs is 3. The Morgan fingerprint density at radius 1 is 1.16 bits per heavy atom. The van der Waals surface area contributed by atoms with E-state index >= 15 is 0 Å². The van der Waals surface area contributed by atoms with Crippen LogP contribution in [0.1, 0.15) is 18.1 Å². The van der Waals surface area contributed by atoms with Crippen LogP contribution in [0.5, 0.6) is 11.5 Å². The quantitative estimate of drug-likeness (QED) is 0.885. The molecule has 0 bridgehead atoms. The molecule has 0 amide bonds. The van der Waals surface area contributed by atoms with Crippen molar-refractivity contribution < 1.29 is 9.84 Å². The van der Waals surface area contributed by atoms with Crippen molar-refractivity contribution in [1.29, 1.82) is 0 Å². The van der Waals surface area contributed by atoms with Crippen molar-refractivity contribution in [3.05, 3.63) is 48.0 Å². The first-order valence-corrected chi connectivity index (χ1v) is 6.53. The molecule has 0 aliphatic carbocycles. The van der Waals surface area contributed by atoms with Gasteiger partial charge in [-0.15, -0.1) is 0 Å². The number of hydrogen-bond acceptors (Lipinski definition) is 3. The number of hydrogen-bond donors (Lipinski definition) is 2. The number of aromatic hydroxyl groups is 1. The molecule has 2 aromatic rings. The molecule has 0 saturated carbocycles. The van der Waals surface area contributed by atoms with Gasteiger partial charge in [0, 0.05) is 17.5 Å². The highest BCUT2D eigenvalue weighted by atomic mass is 16.5. The first kappa shape index (κ1) is 12.1. The molecule has 0 fully saturated rings. The first-order valence-electron chi connectivity index (χ1n) is 6.53. The van der Waals surface area contributed by atoms with Crippen molar-refractivity contribution in [3.8, 4) is 22.6 Å². The Kier molecular flexibility index (Phi) is 3.13. The van der Waals surface area contributed by atoms with Gasteiger partial charge >= 0.3 is 0 Å². The van der Waals surface area contributed by atoms with Gasteiger partial charge in [0.2, 0.25) is 0 Å². The molecule has 98 valence electrons. The van der Waals surface area contributed by atoms with E-state index < -0.39 is 0 Å². The van der Waals surface area contributed by atoms with Gasteiger partial charge in [0.1, 0.15) is 17.6 Å². The maximum Gasteiger partial charge on any atom is 0.128 e. The Morgan fingerprint density at radius 3 is 2.84 bits per heavy atom. The predicted octanol–water partition coefficient (Wildman–Crippen LogP) is 3.10. The van der Waals surface area contributed by atoms with Crippen molar-refractivity contribution in [3.63, 3.8) is 0 Å². The molecular formula is C16H17NO2. The van der Waals surface area contributed by atoms with Crippen LogP contribution in [0.15, 0.2) is 42.5 Å². The minimum absolute atomic E-state index is 0.00977. The topological polar surface area (TPSA) is 41.5 Å². The molecule has 0 saturated heterocycles. The predicted molar refractivity (Wildman–Crippen MR) is 75.5 cm³/mol. The van der Waals surface area contributed by atoms with Gasteiger partial charge in [0.05, 0.1) is 0 Å². The number of benzene rings is 2. The summed E-state index contributed by atoms with van der Waals surface area (Å²) in [6, 6.07) is 13.6. The van der Waals surface area contributed by atoms with Gasteiger partial charge in [0.25, 0.3) is 0 Å². The van der Waals surface area contributed by atoms with Crippen LogP contribution in [0, 0.1) is 0 Å². The highest BCUT2D eigenvalue weighted by Gasteiger charge is 2.25. The fourth-order valence-electron chi connectivity index (χ4n) is 2.56. The lowest BCUT2D eigenvalue weighted by Crippen LogP contribution is -2.19.